The number of nitrogens with zero attached hydrogens (tertiary/aromatic N) is 1. The Bertz CT molecular complexity index is 681. The van der Waals surface area contributed by atoms with Crippen LogP contribution in [0.1, 0.15) is 26.2 Å². The molecule has 0 heterocycles. The number of hydrogen-bond acceptors (Lipinski definition) is 3. The predicted octanol–water partition coefficient (Wildman–Crippen LogP) is 3.28. The van der Waals surface area contributed by atoms with Crippen LogP contribution in [0.15, 0.2) is 18.2 Å². The molecular formula is C17H20Cl2N2O4. The van der Waals surface area contributed by atoms with E-state index >= 15 is 0 Å². The van der Waals surface area contributed by atoms with Gasteiger partial charge in [0.25, 0.3) is 0 Å². The van der Waals surface area contributed by atoms with Crippen LogP contribution < -0.4 is 5.32 Å². The van der Waals surface area contributed by atoms with Crippen LogP contribution in [-0.2, 0) is 14.4 Å². The number of hydrogen-bond donors (Lipinski definition) is 2. The molecule has 1 saturated carbocycles. The fraction of sp³-hybridized carbons (Fsp3) is 0.471. The summed E-state index contributed by atoms with van der Waals surface area (Å²) >= 11 is 11.8. The van der Waals surface area contributed by atoms with E-state index in [1.807, 2.05) is 6.92 Å². The molecule has 0 radical (unpaired) electrons. The molecule has 0 spiro atoms. The van der Waals surface area contributed by atoms with Gasteiger partial charge in [-0.2, -0.15) is 0 Å². The van der Waals surface area contributed by atoms with Crippen molar-refractivity contribution < 1.29 is 19.5 Å². The van der Waals surface area contributed by atoms with Crippen molar-refractivity contribution in [3.8, 4) is 0 Å². The summed E-state index contributed by atoms with van der Waals surface area (Å²) in [5, 5.41) is 12.5. The highest BCUT2D eigenvalue weighted by Crippen LogP contribution is 2.36. The van der Waals surface area contributed by atoms with Crippen LogP contribution in [0.25, 0.3) is 0 Å². The molecule has 1 aliphatic carbocycles. The van der Waals surface area contributed by atoms with E-state index in [2.05, 4.69) is 5.32 Å². The van der Waals surface area contributed by atoms with Gasteiger partial charge in [0.15, 0.2) is 0 Å². The maximum Gasteiger partial charge on any atom is 0.307 e. The lowest BCUT2D eigenvalue weighted by atomic mass is 9.73. The molecule has 2 amide bonds. The van der Waals surface area contributed by atoms with E-state index in [-0.39, 0.29) is 12.5 Å². The smallest absolute Gasteiger partial charge is 0.307 e. The molecule has 1 aromatic carbocycles. The van der Waals surface area contributed by atoms with Crippen LogP contribution in [-0.4, -0.2) is 40.9 Å². The van der Waals surface area contributed by atoms with Crippen LogP contribution in [0.4, 0.5) is 5.69 Å². The zero-order chi connectivity index (χ0) is 18.6. The molecule has 1 aliphatic rings. The average Bonchev–Trinajstić information content (AvgIpc) is 2.48. The number of amides is 2. The van der Waals surface area contributed by atoms with E-state index < -0.39 is 23.7 Å². The zero-order valence-corrected chi connectivity index (χ0v) is 15.3. The molecule has 8 heteroatoms. The van der Waals surface area contributed by atoms with Crippen molar-refractivity contribution in [2.45, 2.75) is 26.2 Å². The number of benzene rings is 1. The van der Waals surface area contributed by atoms with Crippen LogP contribution >= 0.6 is 23.2 Å². The monoisotopic (exact) mass is 386 g/mol. The van der Waals surface area contributed by atoms with Crippen LogP contribution in [0.5, 0.6) is 0 Å². The SMILES string of the molecule is CCCN(CC(=O)Nc1ccc(Cl)cc1Cl)C(=O)C1CCC1C(=O)O. The molecule has 0 aliphatic heterocycles. The largest absolute Gasteiger partial charge is 0.481 e. The van der Waals surface area contributed by atoms with E-state index in [0.29, 0.717) is 41.5 Å². The van der Waals surface area contributed by atoms with Crippen molar-refractivity contribution in [2.24, 2.45) is 11.8 Å². The van der Waals surface area contributed by atoms with Crippen molar-refractivity contribution in [3.05, 3.63) is 28.2 Å². The highest BCUT2D eigenvalue weighted by molar-refractivity contribution is 6.36. The molecule has 2 rings (SSSR count). The molecule has 136 valence electrons. The van der Waals surface area contributed by atoms with E-state index in [9.17, 15) is 14.4 Å². The third-order valence-corrected chi connectivity index (χ3v) is 4.80. The van der Waals surface area contributed by atoms with Gasteiger partial charge >= 0.3 is 5.97 Å². The predicted molar refractivity (Wildman–Crippen MR) is 95.8 cm³/mol. The molecule has 0 bridgehead atoms. The summed E-state index contributed by atoms with van der Waals surface area (Å²) in [5.74, 6) is -2.83. The lowest BCUT2D eigenvalue weighted by molar-refractivity contribution is -0.157. The fourth-order valence-corrected chi connectivity index (χ4v) is 3.27. The van der Waals surface area contributed by atoms with Crippen molar-refractivity contribution >= 4 is 46.7 Å². The van der Waals surface area contributed by atoms with Crippen molar-refractivity contribution in [1.29, 1.82) is 0 Å². The van der Waals surface area contributed by atoms with Gasteiger partial charge in [0.1, 0.15) is 0 Å². The highest BCUT2D eigenvalue weighted by Gasteiger charge is 2.43. The molecule has 1 aromatic rings. The van der Waals surface area contributed by atoms with Gasteiger partial charge in [-0.3, -0.25) is 14.4 Å². The first-order valence-corrected chi connectivity index (χ1v) is 8.85. The molecular weight excluding hydrogens is 367 g/mol. The van der Waals surface area contributed by atoms with Gasteiger partial charge in [-0.05, 0) is 37.5 Å². The quantitative estimate of drug-likeness (QED) is 0.752. The zero-order valence-electron chi connectivity index (χ0n) is 13.8. The number of carbonyl (C=O) groups is 3. The van der Waals surface area contributed by atoms with E-state index in [1.165, 1.54) is 11.0 Å². The summed E-state index contributed by atoms with van der Waals surface area (Å²) in [7, 11) is 0. The normalized spacial score (nSPS) is 19.0. The second-order valence-corrected chi connectivity index (χ2v) is 6.90. The second-order valence-electron chi connectivity index (χ2n) is 6.06. The number of aliphatic carboxylic acids is 1. The minimum absolute atomic E-state index is 0.144. The third kappa shape index (κ3) is 4.86. The molecule has 0 saturated heterocycles. The van der Waals surface area contributed by atoms with Gasteiger partial charge in [0, 0.05) is 11.6 Å². The van der Waals surface area contributed by atoms with Gasteiger partial charge in [-0.15, -0.1) is 0 Å². The molecule has 2 unspecified atom stereocenters. The Morgan fingerprint density at radius 3 is 2.44 bits per heavy atom. The standard InChI is InChI=1S/C17H20Cl2N2O4/c1-2-7-21(16(23)11-4-5-12(11)17(24)25)9-15(22)20-14-6-3-10(18)8-13(14)19/h3,6,8,11-12H,2,4-5,7,9H2,1H3,(H,20,22)(H,24,25). The van der Waals surface area contributed by atoms with Gasteiger partial charge in [0.05, 0.1) is 29.1 Å². The van der Waals surface area contributed by atoms with E-state index in [4.69, 9.17) is 28.3 Å². The van der Waals surface area contributed by atoms with Gasteiger partial charge in [0.2, 0.25) is 11.8 Å². The maximum atomic E-state index is 12.6. The summed E-state index contributed by atoms with van der Waals surface area (Å²) in [6.45, 7) is 2.14. The summed E-state index contributed by atoms with van der Waals surface area (Å²) in [4.78, 5) is 37.4. The number of rotatable bonds is 7. The van der Waals surface area contributed by atoms with Gasteiger partial charge in [-0.1, -0.05) is 30.1 Å². The number of halogens is 2. The Morgan fingerprint density at radius 2 is 1.92 bits per heavy atom. The molecule has 1 fully saturated rings. The van der Waals surface area contributed by atoms with E-state index in [1.54, 1.807) is 12.1 Å². The maximum absolute atomic E-state index is 12.6. The molecule has 2 N–H and O–H groups in total. The Labute approximate surface area is 156 Å². The third-order valence-electron chi connectivity index (χ3n) is 4.25. The number of nitrogens with one attached hydrogen (secondary N) is 1. The first kappa shape index (κ1) is 19.5. The fourth-order valence-electron chi connectivity index (χ4n) is 2.82. The first-order valence-electron chi connectivity index (χ1n) is 8.10. The minimum Gasteiger partial charge on any atom is -0.481 e. The van der Waals surface area contributed by atoms with Crippen molar-refractivity contribution in [3.63, 3.8) is 0 Å². The minimum atomic E-state index is -0.960. The topological polar surface area (TPSA) is 86.7 Å². The van der Waals surface area contributed by atoms with Crippen molar-refractivity contribution in [2.75, 3.05) is 18.4 Å². The van der Waals surface area contributed by atoms with Crippen LogP contribution in [0, 0.1) is 11.8 Å². The lowest BCUT2D eigenvalue weighted by Crippen LogP contribution is -2.48. The van der Waals surface area contributed by atoms with Gasteiger partial charge < -0.3 is 15.3 Å². The number of carboxylic acid groups (broad SMARTS) is 1. The Morgan fingerprint density at radius 1 is 1.24 bits per heavy atom. The molecule has 0 aromatic heterocycles. The number of carbonyl (C=O) groups excluding carboxylic acids is 2. The Balaban J connectivity index is 2.01. The first-order chi connectivity index (χ1) is 11.8. The van der Waals surface area contributed by atoms with Crippen LogP contribution in [0.2, 0.25) is 10.0 Å². The summed E-state index contributed by atoms with van der Waals surface area (Å²) in [6.07, 6.45) is 1.71. The lowest BCUT2D eigenvalue weighted by Gasteiger charge is -2.36. The summed E-state index contributed by atoms with van der Waals surface area (Å²) in [5.41, 5.74) is 0.409. The average molecular weight is 387 g/mol. The number of anilines is 1. The molecule has 6 nitrogen and oxygen atoms in total. The summed E-state index contributed by atoms with van der Waals surface area (Å²) < 4.78 is 0. The summed E-state index contributed by atoms with van der Waals surface area (Å²) in [6, 6.07) is 4.70. The number of carboxylic acids is 1. The Kier molecular flexibility index (Phi) is 6.67. The molecule has 25 heavy (non-hydrogen) atoms. The van der Waals surface area contributed by atoms with Crippen molar-refractivity contribution in [1.82, 2.24) is 4.90 Å². The van der Waals surface area contributed by atoms with E-state index in [0.717, 1.165) is 0 Å². The van der Waals surface area contributed by atoms with Gasteiger partial charge in [-0.25, -0.2) is 0 Å². The second kappa shape index (κ2) is 8.54. The highest BCUT2D eigenvalue weighted by atomic mass is 35.5. The Hall–Kier alpha value is -1.79. The van der Waals surface area contributed by atoms with Crippen LogP contribution in [0.3, 0.4) is 0 Å². The molecule has 2 atom stereocenters.